The van der Waals surface area contributed by atoms with Crippen LogP contribution in [0.15, 0.2) is 27.4 Å². The summed E-state index contributed by atoms with van der Waals surface area (Å²) in [4.78, 5) is 12.0. The fourth-order valence-corrected chi connectivity index (χ4v) is 2.88. The molecular weight excluding hydrogens is 300 g/mol. The third kappa shape index (κ3) is 4.96. The van der Waals surface area contributed by atoms with Gasteiger partial charge in [-0.2, -0.15) is 11.3 Å². The van der Waals surface area contributed by atoms with E-state index in [1.807, 2.05) is 11.4 Å². The summed E-state index contributed by atoms with van der Waals surface area (Å²) >= 11 is 1.63. The SMILES string of the molecule is CC(C)Cc1cc(C(=O)NCC(CO)Cc2ccsc2)on1. The molecule has 5 nitrogen and oxygen atoms in total. The van der Waals surface area contributed by atoms with E-state index in [2.05, 4.69) is 29.7 Å². The molecule has 120 valence electrons. The molecule has 2 heterocycles. The molecule has 0 saturated heterocycles. The van der Waals surface area contributed by atoms with E-state index >= 15 is 0 Å². The molecule has 0 aliphatic heterocycles. The Balaban J connectivity index is 1.84. The van der Waals surface area contributed by atoms with Crippen molar-refractivity contribution in [1.82, 2.24) is 10.5 Å². The van der Waals surface area contributed by atoms with E-state index in [4.69, 9.17) is 4.52 Å². The van der Waals surface area contributed by atoms with Crippen LogP contribution in [0.2, 0.25) is 0 Å². The lowest BCUT2D eigenvalue weighted by atomic mass is 10.0. The number of carbonyl (C=O) groups excluding carboxylic acids is 1. The average molecular weight is 322 g/mol. The topological polar surface area (TPSA) is 75.4 Å². The Morgan fingerprint density at radius 3 is 2.91 bits per heavy atom. The van der Waals surface area contributed by atoms with Crippen LogP contribution in [0, 0.1) is 11.8 Å². The van der Waals surface area contributed by atoms with Crippen molar-refractivity contribution in [2.24, 2.45) is 11.8 Å². The van der Waals surface area contributed by atoms with Gasteiger partial charge in [0.15, 0.2) is 0 Å². The van der Waals surface area contributed by atoms with Gasteiger partial charge in [-0.1, -0.05) is 19.0 Å². The maximum atomic E-state index is 12.0. The molecule has 0 saturated carbocycles. The maximum Gasteiger partial charge on any atom is 0.289 e. The first-order valence-electron chi connectivity index (χ1n) is 7.44. The predicted octanol–water partition coefficient (Wildman–Crippen LogP) is 2.52. The average Bonchev–Trinajstić information content (AvgIpc) is 3.14. The number of rotatable bonds is 8. The summed E-state index contributed by atoms with van der Waals surface area (Å²) in [7, 11) is 0. The molecule has 0 aromatic carbocycles. The van der Waals surface area contributed by atoms with E-state index in [9.17, 15) is 9.90 Å². The first kappa shape index (κ1) is 16.7. The fraction of sp³-hybridized carbons (Fsp3) is 0.500. The second-order valence-corrected chi connectivity index (χ2v) is 6.65. The summed E-state index contributed by atoms with van der Waals surface area (Å²) in [6, 6.07) is 3.71. The van der Waals surface area contributed by atoms with E-state index < -0.39 is 0 Å². The molecule has 0 fully saturated rings. The van der Waals surface area contributed by atoms with E-state index in [0.717, 1.165) is 18.5 Å². The Kier molecular flexibility index (Phi) is 6.15. The minimum absolute atomic E-state index is 0.00314. The molecule has 0 radical (unpaired) electrons. The Morgan fingerprint density at radius 2 is 2.27 bits per heavy atom. The number of aliphatic hydroxyl groups excluding tert-OH is 1. The molecule has 2 aromatic rings. The van der Waals surface area contributed by atoms with Gasteiger partial charge in [-0.15, -0.1) is 0 Å². The van der Waals surface area contributed by atoms with Crippen molar-refractivity contribution in [2.75, 3.05) is 13.2 Å². The summed E-state index contributed by atoms with van der Waals surface area (Å²) in [6.07, 6.45) is 1.53. The summed E-state index contributed by atoms with van der Waals surface area (Å²) in [5, 5.41) is 20.2. The van der Waals surface area contributed by atoms with Crippen LogP contribution in [-0.2, 0) is 12.8 Å². The molecule has 0 aliphatic carbocycles. The molecule has 1 amide bonds. The number of carbonyl (C=O) groups is 1. The zero-order valence-corrected chi connectivity index (χ0v) is 13.7. The molecule has 6 heteroatoms. The van der Waals surface area contributed by atoms with Crippen LogP contribution in [0.25, 0.3) is 0 Å². The molecule has 22 heavy (non-hydrogen) atoms. The van der Waals surface area contributed by atoms with Gasteiger partial charge in [-0.05, 0) is 41.1 Å². The fourth-order valence-electron chi connectivity index (χ4n) is 2.20. The van der Waals surface area contributed by atoms with Gasteiger partial charge in [0.2, 0.25) is 5.76 Å². The van der Waals surface area contributed by atoms with Gasteiger partial charge >= 0.3 is 0 Å². The molecule has 2 aromatic heterocycles. The van der Waals surface area contributed by atoms with E-state index in [1.54, 1.807) is 17.4 Å². The second-order valence-electron chi connectivity index (χ2n) is 5.87. The number of nitrogens with zero attached hydrogens (tertiary/aromatic N) is 1. The van der Waals surface area contributed by atoms with Gasteiger partial charge in [0.1, 0.15) is 0 Å². The van der Waals surface area contributed by atoms with Gasteiger partial charge in [0.25, 0.3) is 5.91 Å². The van der Waals surface area contributed by atoms with Crippen LogP contribution >= 0.6 is 11.3 Å². The molecule has 1 atom stereocenters. The molecule has 2 N–H and O–H groups in total. The largest absolute Gasteiger partial charge is 0.396 e. The van der Waals surface area contributed by atoms with Crippen molar-refractivity contribution in [2.45, 2.75) is 26.7 Å². The number of aromatic nitrogens is 1. The van der Waals surface area contributed by atoms with Crippen molar-refractivity contribution < 1.29 is 14.4 Å². The van der Waals surface area contributed by atoms with Crippen LogP contribution in [0.5, 0.6) is 0 Å². The third-order valence-corrected chi connectivity index (χ3v) is 4.05. The van der Waals surface area contributed by atoms with Crippen LogP contribution in [-0.4, -0.2) is 29.3 Å². The van der Waals surface area contributed by atoms with Crippen molar-refractivity contribution in [3.63, 3.8) is 0 Å². The summed E-state index contributed by atoms with van der Waals surface area (Å²) in [5.41, 5.74) is 1.97. The highest BCUT2D eigenvalue weighted by Gasteiger charge is 2.16. The Labute approximate surface area is 134 Å². The van der Waals surface area contributed by atoms with Crippen LogP contribution in [0.4, 0.5) is 0 Å². The highest BCUT2D eigenvalue weighted by atomic mass is 32.1. The standard InChI is InChI=1S/C16H22N2O3S/c1-11(2)5-14-7-15(21-18-14)16(20)17-8-13(9-19)6-12-3-4-22-10-12/h3-4,7,10-11,13,19H,5-6,8-9H2,1-2H3,(H,17,20). The predicted molar refractivity (Wildman–Crippen MR) is 86.0 cm³/mol. The number of hydrogen-bond donors (Lipinski definition) is 2. The van der Waals surface area contributed by atoms with Crippen molar-refractivity contribution in [3.8, 4) is 0 Å². The highest BCUT2D eigenvalue weighted by molar-refractivity contribution is 7.07. The number of amides is 1. The number of hydrogen-bond acceptors (Lipinski definition) is 5. The second kappa shape index (κ2) is 8.10. The zero-order chi connectivity index (χ0) is 15.9. The molecule has 0 spiro atoms. The van der Waals surface area contributed by atoms with Gasteiger partial charge in [-0.3, -0.25) is 4.79 Å². The minimum atomic E-state index is -0.286. The van der Waals surface area contributed by atoms with Gasteiger partial charge in [0.05, 0.1) is 5.69 Å². The van der Waals surface area contributed by atoms with Crippen molar-refractivity contribution >= 4 is 17.2 Å². The van der Waals surface area contributed by atoms with Crippen LogP contribution < -0.4 is 5.32 Å². The monoisotopic (exact) mass is 322 g/mol. The lowest BCUT2D eigenvalue weighted by Gasteiger charge is -2.13. The number of nitrogens with one attached hydrogen (secondary N) is 1. The Hall–Kier alpha value is -1.66. The van der Waals surface area contributed by atoms with E-state index in [-0.39, 0.29) is 24.2 Å². The smallest absolute Gasteiger partial charge is 0.289 e. The van der Waals surface area contributed by atoms with E-state index in [0.29, 0.717) is 12.5 Å². The van der Waals surface area contributed by atoms with Gasteiger partial charge in [-0.25, -0.2) is 0 Å². The van der Waals surface area contributed by atoms with Gasteiger partial charge in [0, 0.05) is 25.1 Å². The number of aliphatic hydroxyl groups is 1. The first-order valence-corrected chi connectivity index (χ1v) is 8.38. The first-order chi connectivity index (χ1) is 10.6. The summed E-state index contributed by atoms with van der Waals surface area (Å²) in [6.45, 7) is 4.62. The van der Waals surface area contributed by atoms with Crippen LogP contribution in [0.3, 0.4) is 0 Å². The molecule has 0 bridgehead atoms. The lowest BCUT2D eigenvalue weighted by molar-refractivity contribution is 0.0903. The summed E-state index contributed by atoms with van der Waals surface area (Å²) in [5.74, 6) is 0.399. The molecule has 1 unspecified atom stereocenters. The van der Waals surface area contributed by atoms with Crippen LogP contribution in [0.1, 0.15) is 35.7 Å². The Bertz CT molecular complexity index is 578. The van der Waals surface area contributed by atoms with Crippen molar-refractivity contribution in [3.05, 3.63) is 39.9 Å². The highest BCUT2D eigenvalue weighted by Crippen LogP contribution is 2.12. The zero-order valence-electron chi connectivity index (χ0n) is 12.9. The maximum absolute atomic E-state index is 12.0. The van der Waals surface area contributed by atoms with Gasteiger partial charge < -0.3 is 14.9 Å². The Morgan fingerprint density at radius 1 is 1.45 bits per heavy atom. The quantitative estimate of drug-likeness (QED) is 0.783. The summed E-state index contributed by atoms with van der Waals surface area (Å²) < 4.78 is 5.08. The molecule has 2 rings (SSSR count). The normalized spacial score (nSPS) is 12.5. The molecule has 0 aliphatic rings. The van der Waals surface area contributed by atoms with E-state index in [1.165, 1.54) is 5.56 Å². The minimum Gasteiger partial charge on any atom is -0.396 e. The lowest BCUT2D eigenvalue weighted by Crippen LogP contribution is -2.31. The third-order valence-electron chi connectivity index (χ3n) is 3.31. The number of thiophene rings is 1. The van der Waals surface area contributed by atoms with Crippen molar-refractivity contribution in [1.29, 1.82) is 0 Å². The molecular formula is C16H22N2O3S.